The summed E-state index contributed by atoms with van der Waals surface area (Å²) in [5.74, 6) is 0.644. The lowest BCUT2D eigenvalue weighted by atomic mass is 10.3. The van der Waals surface area contributed by atoms with Crippen LogP contribution in [-0.4, -0.2) is 54.3 Å². The lowest BCUT2D eigenvalue weighted by molar-refractivity contribution is -0.132. The quantitative estimate of drug-likeness (QED) is 0.779. The number of rotatable bonds is 8. The van der Waals surface area contributed by atoms with Crippen molar-refractivity contribution >= 4 is 11.8 Å². The normalized spacial score (nSPS) is 11.0. The van der Waals surface area contributed by atoms with Crippen molar-refractivity contribution in [2.24, 2.45) is 0 Å². The largest absolute Gasteiger partial charge is 0.467 e. The zero-order valence-corrected chi connectivity index (χ0v) is 13.3. The first-order chi connectivity index (χ1) is 9.92. The molecule has 0 aliphatic carbocycles. The first-order valence-corrected chi connectivity index (χ1v) is 7.20. The number of nitrogens with one attached hydrogen (secondary N) is 1. The Bertz CT molecular complexity index is 443. The summed E-state index contributed by atoms with van der Waals surface area (Å²) in [6, 6.07) is 3.73. The maximum atomic E-state index is 12.2. The van der Waals surface area contributed by atoms with Crippen LogP contribution in [0.5, 0.6) is 0 Å². The van der Waals surface area contributed by atoms with E-state index in [9.17, 15) is 9.59 Å². The van der Waals surface area contributed by atoms with Gasteiger partial charge in [0.25, 0.3) is 0 Å². The minimum atomic E-state index is -0.0617. The molecule has 0 saturated heterocycles. The van der Waals surface area contributed by atoms with Gasteiger partial charge in [0.15, 0.2) is 0 Å². The highest BCUT2D eigenvalue weighted by Gasteiger charge is 2.17. The van der Waals surface area contributed by atoms with E-state index in [1.165, 1.54) is 0 Å². The van der Waals surface area contributed by atoms with E-state index < -0.39 is 0 Å². The van der Waals surface area contributed by atoms with Crippen molar-refractivity contribution in [3.05, 3.63) is 24.2 Å². The zero-order valence-electron chi connectivity index (χ0n) is 13.3. The maximum absolute atomic E-state index is 12.2. The number of furan rings is 1. The number of hydrogen-bond donors (Lipinski definition) is 1. The average molecular weight is 295 g/mol. The summed E-state index contributed by atoms with van der Waals surface area (Å²) in [5.41, 5.74) is 0. The van der Waals surface area contributed by atoms with Gasteiger partial charge >= 0.3 is 0 Å². The topological polar surface area (TPSA) is 65.8 Å². The monoisotopic (exact) mass is 295 g/mol. The molecule has 0 spiro atoms. The second kappa shape index (κ2) is 8.46. The lowest BCUT2D eigenvalue weighted by Gasteiger charge is -2.23. The van der Waals surface area contributed by atoms with Crippen LogP contribution in [0.15, 0.2) is 22.8 Å². The number of hydrogen-bond acceptors (Lipinski definition) is 4. The van der Waals surface area contributed by atoms with Gasteiger partial charge in [-0.15, -0.1) is 0 Å². The van der Waals surface area contributed by atoms with Crippen LogP contribution < -0.4 is 5.32 Å². The Morgan fingerprint density at radius 2 is 2.05 bits per heavy atom. The highest BCUT2D eigenvalue weighted by atomic mass is 16.3. The number of carbonyl (C=O) groups is 2. The minimum Gasteiger partial charge on any atom is -0.467 e. The van der Waals surface area contributed by atoms with Crippen LogP contribution in [0.25, 0.3) is 0 Å². The Hall–Kier alpha value is -1.82. The molecule has 118 valence electrons. The molecule has 0 atom stereocenters. The smallest absolute Gasteiger partial charge is 0.236 e. The van der Waals surface area contributed by atoms with E-state index >= 15 is 0 Å². The van der Waals surface area contributed by atoms with Gasteiger partial charge in [-0.05, 0) is 32.5 Å². The van der Waals surface area contributed by atoms with E-state index in [0.717, 1.165) is 5.76 Å². The predicted molar refractivity (Wildman–Crippen MR) is 80.6 cm³/mol. The molecule has 1 aromatic rings. The van der Waals surface area contributed by atoms with Crippen LogP contribution in [0.4, 0.5) is 0 Å². The van der Waals surface area contributed by atoms with Crippen LogP contribution in [0.2, 0.25) is 0 Å². The zero-order chi connectivity index (χ0) is 15.8. The predicted octanol–water partition coefficient (Wildman–Crippen LogP) is 1.08. The lowest BCUT2D eigenvalue weighted by Crippen LogP contribution is -2.44. The van der Waals surface area contributed by atoms with E-state index in [0.29, 0.717) is 13.1 Å². The van der Waals surface area contributed by atoms with Crippen LogP contribution in [0, 0.1) is 0 Å². The Morgan fingerprint density at radius 3 is 2.57 bits per heavy atom. The third-order valence-corrected chi connectivity index (χ3v) is 3.02. The van der Waals surface area contributed by atoms with Gasteiger partial charge < -0.3 is 14.6 Å². The molecule has 1 N–H and O–H groups in total. The minimum absolute atomic E-state index is 0.0365. The summed E-state index contributed by atoms with van der Waals surface area (Å²) in [6.07, 6.45) is 1.59. The average Bonchev–Trinajstić information content (AvgIpc) is 2.89. The fourth-order valence-electron chi connectivity index (χ4n) is 1.89. The number of amides is 2. The molecule has 0 aliphatic heterocycles. The van der Waals surface area contributed by atoms with Crippen molar-refractivity contribution < 1.29 is 14.0 Å². The van der Waals surface area contributed by atoms with E-state index in [-0.39, 0.29) is 30.9 Å². The van der Waals surface area contributed by atoms with E-state index in [2.05, 4.69) is 5.32 Å². The molecule has 6 nitrogen and oxygen atoms in total. The molecule has 0 bridgehead atoms. The molecule has 1 heterocycles. The van der Waals surface area contributed by atoms with Crippen molar-refractivity contribution in [1.82, 2.24) is 15.1 Å². The Balaban J connectivity index is 2.44. The van der Waals surface area contributed by atoms with Crippen molar-refractivity contribution in [2.45, 2.75) is 33.4 Å². The summed E-state index contributed by atoms with van der Waals surface area (Å²) >= 11 is 0. The molecule has 0 radical (unpaired) electrons. The van der Waals surface area contributed by atoms with Crippen molar-refractivity contribution in [3.8, 4) is 0 Å². The standard InChI is InChI=1S/C15H25N3O3/c1-5-18(10-14(19)16-12(2)3)11-15(20)17(4)9-13-7-6-8-21-13/h6-8,12H,5,9-11H2,1-4H3,(H,16,19). The molecular weight excluding hydrogens is 270 g/mol. The molecule has 1 rings (SSSR count). The van der Waals surface area contributed by atoms with E-state index in [1.807, 2.05) is 31.7 Å². The van der Waals surface area contributed by atoms with Gasteiger partial charge in [-0.25, -0.2) is 0 Å². The highest BCUT2D eigenvalue weighted by molar-refractivity contribution is 5.81. The van der Waals surface area contributed by atoms with Gasteiger partial charge in [0.05, 0.1) is 25.9 Å². The van der Waals surface area contributed by atoms with Gasteiger partial charge in [0.1, 0.15) is 5.76 Å². The van der Waals surface area contributed by atoms with Crippen molar-refractivity contribution in [2.75, 3.05) is 26.7 Å². The summed E-state index contributed by atoms with van der Waals surface area (Å²) in [5, 5.41) is 2.83. The molecule has 0 aromatic carbocycles. The third-order valence-electron chi connectivity index (χ3n) is 3.02. The van der Waals surface area contributed by atoms with E-state index in [4.69, 9.17) is 4.42 Å². The summed E-state index contributed by atoms with van der Waals surface area (Å²) in [7, 11) is 1.73. The Morgan fingerprint density at radius 1 is 1.33 bits per heavy atom. The second-order valence-electron chi connectivity index (χ2n) is 5.35. The van der Waals surface area contributed by atoms with Gasteiger partial charge in [0, 0.05) is 13.1 Å². The van der Waals surface area contributed by atoms with Crippen molar-refractivity contribution in [1.29, 1.82) is 0 Å². The second-order valence-corrected chi connectivity index (χ2v) is 5.35. The molecular formula is C15H25N3O3. The van der Waals surface area contributed by atoms with Crippen LogP contribution in [0.3, 0.4) is 0 Å². The maximum Gasteiger partial charge on any atom is 0.236 e. The molecule has 6 heteroatoms. The van der Waals surface area contributed by atoms with Crippen LogP contribution in [-0.2, 0) is 16.1 Å². The summed E-state index contributed by atoms with van der Waals surface area (Å²) in [6.45, 7) is 7.29. The SMILES string of the molecule is CCN(CC(=O)NC(C)C)CC(=O)N(C)Cc1ccco1. The number of carbonyl (C=O) groups excluding carboxylic acids is 2. The Labute approximate surface area is 126 Å². The van der Waals surface area contributed by atoms with Gasteiger partial charge in [-0.3, -0.25) is 14.5 Å². The van der Waals surface area contributed by atoms with Gasteiger partial charge in [0.2, 0.25) is 11.8 Å². The molecule has 1 aromatic heterocycles. The summed E-state index contributed by atoms with van der Waals surface area (Å²) in [4.78, 5) is 27.3. The fourth-order valence-corrected chi connectivity index (χ4v) is 1.89. The molecule has 21 heavy (non-hydrogen) atoms. The number of likely N-dealkylation sites (N-methyl/N-ethyl adjacent to an activating group) is 2. The van der Waals surface area contributed by atoms with Gasteiger partial charge in [-0.2, -0.15) is 0 Å². The van der Waals surface area contributed by atoms with E-state index in [1.54, 1.807) is 24.3 Å². The molecule has 0 saturated carbocycles. The molecule has 0 aliphatic rings. The molecule has 0 fully saturated rings. The fraction of sp³-hybridized carbons (Fsp3) is 0.600. The Kier molecular flexibility index (Phi) is 6.94. The van der Waals surface area contributed by atoms with Crippen molar-refractivity contribution in [3.63, 3.8) is 0 Å². The highest BCUT2D eigenvalue weighted by Crippen LogP contribution is 2.04. The first kappa shape index (κ1) is 17.2. The molecule has 0 unspecified atom stereocenters. The third kappa shape index (κ3) is 6.44. The van der Waals surface area contributed by atoms with Crippen LogP contribution in [0.1, 0.15) is 26.5 Å². The molecule has 2 amide bonds. The summed E-state index contributed by atoms with van der Waals surface area (Å²) < 4.78 is 5.22. The van der Waals surface area contributed by atoms with Gasteiger partial charge in [-0.1, -0.05) is 6.92 Å². The number of nitrogens with zero attached hydrogens (tertiary/aromatic N) is 2. The van der Waals surface area contributed by atoms with Crippen LogP contribution >= 0.6 is 0 Å². The first-order valence-electron chi connectivity index (χ1n) is 7.20.